The molecule has 0 heterocycles. The second kappa shape index (κ2) is 7.61. The lowest BCUT2D eigenvalue weighted by Crippen LogP contribution is -1.91. The van der Waals surface area contributed by atoms with Crippen molar-refractivity contribution in [2.75, 3.05) is 0 Å². The molecule has 0 spiro atoms. The molecule has 0 unspecified atom stereocenters. The molecule has 0 radical (unpaired) electrons. The van der Waals surface area contributed by atoms with Crippen molar-refractivity contribution in [2.24, 2.45) is 0 Å². The Morgan fingerprint density at radius 2 is 1.47 bits per heavy atom. The Hall–Kier alpha value is -0.930. The Labute approximate surface area is 131 Å². The number of ketones is 1. The van der Waals surface area contributed by atoms with Crippen LogP contribution in [0.5, 0.6) is 0 Å². The van der Waals surface area contributed by atoms with Crippen LogP contribution in [0, 0.1) is 13.8 Å². The van der Waals surface area contributed by atoms with Crippen LogP contribution in [-0.4, -0.2) is 5.78 Å². The van der Waals surface area contributed by atoms with Gasteiger partial charge in [-0.05, 0) is 50.1 Å². The summed E-state index contributed by atoms with van der Waals surface area (Å²) < 4.78 is 2.22. The van der Waals surface area contributed by atoms with Crippen LogP contribution >= 0.6 is 31.9 Å². The number of rotatable bonds is 1. The van der Waals surface area contributed by atoms with Gasteiger partial charge in [0.15, 0.2) is 5.78 Å². The second-order valence-electron chi connectivity index (χ2n) is 4.27. The van der Waals surface area contributed by atoms with Crippen molar-refractivity contribution < 1.29 is 4.79 Å². The summed E-state index contributed by atoms with van der Waals surface area (Å²) in [5.41, 5.74) is 3.15. The zero-order valence-corrected chi connectivity index (χ0v) is 14.4. The van der Waals surface area contributed by atoms with Crippen LogP contribution in [0.4, 0.5) is 0 Å². The minimum absolute atomic E-state index is 0.112. The van der Waals surface area contributed by atoms with E-state index in [-0.39, 0.29) is 5.78 Å². The van der Waals surface area contributed by atoms with E-state index in [0.29, 0.717) is 0 Å². The molecule has 100 valence electrons. The Kier molecular flexibility index (Phi) is 6.46. The lowest BCUT2D eigenvalue weighted by molar-refractivity contribution is 0.101. The number of Topliss-reactive ketones (excluding diaryl/α,β-unsaturated/α-hetero) is 1. The van der Waals surface area contributed by atoms with Crippen molar-refractivity contribution in [3.05, 3.63) is 68.1 Å². The summed E-state index contributed by atoms with van der Waals surface area (Å²) in [6, 6.07) is 13.7. The van der Waals surface area contributed by atoms with Crippen LogP contribution < -0.4 is 0 Å². The van der Waals surface area contributed by atoms with Gasteiger partial charge in [-0.3, -0.25) is 4.79 Å². The second-order valence-corrected chi connectivity index (χ2v) is 5.98. The van der Waals surface area contributed by atoms with Crippen molar-refractivity contribution in [1.82, 2.24) is 0 Å². The summed E-state index contributed by atoms with van der Waals surface area (Å²) in [7, 11) is 0. The zero-order chi connectivity index (χ0) is 14.4. The number of benzene rings is 2. The third-order valence-electron chi connectivity index (χ3n) is 2.64. The molecule has 0 aliphatic heterocycles. The van der Waals surface area contributed by atoms with Gasteiger partial charge in [0.05, 0.1) is 0 Å². The molecule has 0 saturated carbocycles. The summed E-state index contributed by atoms with van der Waals surface area (Å²) in [4.78, 5) is 10.9. The molecule has 1 nitrogen and oxygen atoms in total. The first-order valence-electron chi connectivity index (χ1n) is 5.90. The van der Waals surface area contributed by atoms with Crippen LogP contribution in [0.2, 0.25) is 0 Å². The average molecular weight is 384 g/mol. The third kappa shape index (κ3) is 5.29. The van der Waals surface area contributed by atoms with Gasteiger partial charge in [0.2, 0.25) is 0 Å². The van der Waals surface area contributed by atoms with Crippen LogP contribution in [0.15, 0.2) is 51.4 Å². The van der Waals surface area contributed by atoms with E-state index in [4.69, 9.17) is 0 Å². The summed E-state index contributed by atoms with van der Waals surface area (Å²) in [5, 5.41) is 0. The highest BCUT2D eigenvalue weighted by molar-refractivity contribution is 9.10. The Bertz CT molecular complexity index is 556. The Morgan fingerprint density at radius 3 is 1.89 bits per heavy atom. The van der Waals surface area contributed by atoms with E-state index in [1.54, 1.807) is 6.92 Å². The molecule has 0 N–H and O–H groups in total. The van der Waals surface area contributed by atoms with Gasteiger partial charge in [0, 0.05) is 14.5 Å². The minimum atomic E-state index is 0.112. The maximum atomic E-state index is 10.9. The van der Waals surface area contributed by atoms with Gasteiger partial charge in [-0.25, -0.2) is 0 Å². The van der Waals surface area contributed by atoms with Gasteiger partial charge in [0.25, 0.3) is 0 Å². The summed E-state index contributed by atoms with van der Waals surface area (Å²) in [6.45, 7) is 5.61. The largest absolute Gasteiger partial charge is 0.295 e. The molecule has 0 aliphatic rings. The fourth-order valence-electron chi connectivity index (χ4n) is 1.41. The molecule has 2 aromatic carbocycles. The molecule has 19 heavy (non-hydrogen) atoms. The van der Waals surface area contributed by atoms with Crippen molar-refractivity contribution in [1.29, 1.82) is 0 Å². The molecule has 0 fully saturated rings. The molecule has 0 saturated heterocycles. The van der Waals surface area contributed by atoms with Crippen LogP contribution in [0.1, 0.15) is 28.4 Å². The molecule has 2 aromatic rings. The lowest BCUT2D eigenvalue weighted by atomic mass is 10.1. The number of aryl methyl sites for hydroxylation is 2. The molecular formula is C16H16Br2O. The topological polar surface area (TPSA) is 17.1 Å². The van der Waals surface area contributed by atoms with E-state index < -0.39 is 0 Å². The zero-order valence-electron chi connectivity index (χ0n) is 11.2. The van der Waals surface area contributed by atoms with Crippen LogP contribution in [-0.2, 0) is 0 Å². The molecule has 0 aliphatic carbocycles. The van der Waals surface area contributed by atoms with Crippen molar-refractivity contribution in [3.63, 3.8) is 0 Å². The third-order valence-corrected chi connectivity index (χ3v) is 4.42. The number of halogens is 2. The Balaban J connectivity index is 0.000000200. The van der Waals surface area contributed by atoms with Crippen LogP contribution in [0.3, 0.4) is 0 Å². The van der Waals surface area contributed by atoms with E-state index in [9.17, 15) is 4.79 Å². The fourth-order valence-corrected chi connectivity index (χ4v) is 1.95. The molecule has 0 amide bonds. The summed E-state index contributed by atoms with van der Waals surface area (Å²) >= 11 is 6.76. The van der Waals surface area contributed by atoms with Gasteiger partial charge in [-0.15, -0.1) is 0 Å². The first kappa shape index (κ1) is 16.1. The highest BCUT2D eigenvalue weighted by Crippen LogP contribution is 2.17. The molecule has 0 bridgehead atoms. The van der Waals surface area contributed by atoms with Crippen molar-refractivity contribution in [3.8, 4) is 0 Å². The van der Waals surface area contributed by atoms with Gasteiger partial charge in [0.1, 0.15) is 0 Å². The standard InChI is InChI=1S/C9H9BrO.C7H7Br/c1-6-5-8(7(2)11)3-4-9(6)10;1-6-4-2-3-5-7(6)8/h3-5H,1-2H3;2-5H,1H3. The first-order chi connectivity index (χ1) is 8.91. The van der Waals surface area contributed by atoms with Gasteiger partial charge >= 0.3 is 0 Å². The summed E-state index contributed by atoms with van der Waals surface area (Å²) in [6.07, 6.45) is 0. The van der Waals surface area contributed by atoms with Gasteiger partial charge in [-0.2, -0.15) is 0 Å². The van der Waals surface area contributed by atoms with E-state index in [1.807, 2.05) is 43.3 Å². The van der Waals surface area contributed by atoms with E-state index in [2.05, 4.69) is 44.8 Å². The predicted molar refractivity (Wildman–Crippen MR) is 87.8 cm³/mol. The maximum absolute atomic E-state index is 10.9. The maximum Gasteiger partial charge on any atom is 0.159 e. The van der Waals surface area contributed by atoms with E-state index in [1.165, 1.54) is 10.0 Å². The molecule has 0 aromatic heterocycles. The fraction of sp³-hybridized carbons (Fsp3) is 0.188. The predicted octanol–water partition coefficient (Wildman–Crippen LogP) is 5.72. The highest BCUT2D eigenvalue weighted by Gasteiger charge is 2.00. The average Bonchev–Trinajstić information content (AvgIpc) is 2.37. The number of hydrogen-bond donors (Lipinski definition) is 0. The quantitative estimate of drug-likeness (QED) is 0.575. The number of hydrogen-bond acceptors (Lipinski definition) is 1. The van der Waals surface area contributed by atoms with E-state index in [0.717, 1.165) is 15.6 Å². The minimum Gasteiger partial charge on any atom is -0.295 e. The Morgan fingerprint density at radius 1 is 0.895 bits per heavy atom. The molecular weight excluding hydrogens is 368 g/mol. The van der Waals surface area contributed by atoms with Gasteiger partial charge < -0.3 is 0 Å². The number of carbonyl (C=O) groups excluding carboxylic acids is 1. The molecule has 3 heteroatoms. The van der Waals surface area contributed by atoms with Crippen molar-refractivity contribution >= 4 is 37.6 Å². The normalized spacial score (nSPS) is 9.53. The highest BCUT2D eigenvalue weighted by atomic mass is 79.9. The number of carbonyl (C=O) groups is 1. The lowest BCUT2D eigenvalue weighted by Gasteiger charge is -1.99. The summed E-state index contributed by atoms with van der Waals surface area (Å²) in [5.74, 6) is 0.112. The van der Waals surface area contributed by atoms with Gasteiger partial charge in [-0.1, -0.05) is 56.1 Å². The smallest absolute Gasteiger partial charge is 0.159 e. The van der Waals surface area contributed by atoms with Crippen LogP contribution in [0.25, 0.3) is 0 Å². The van der Waals surface area contributed by atoms with E-state index >= 15 is 0 Å². The van der Waals surface area contributed by atoms with Crippen molar-refractivity contribution in [2.45, 2.75) is 20.8 Å². The molecule has 0 atom stereocenters. The monoisotopic (exact) mass is 382 g/mol. The molecule has 2 rings (SSSR count). The first-order valence-corrected chi connectivity index (χ1v) is 7.48. The SMILES string of the molecule is CC(=O)c1ccc(Br)c(C)c1.Cc1ccccc1Br.